The lowest BCUT2D eigenvalue weighted by Gasteiger charge is -2.34. The number of aliphatic hydroxyl groups excluding tert-OH is 1. The molecule has 1 fully saturated rings. The number of aryl methyl sites for hydroxylation is 1. The van der Waals surface area contributed by atoms with Gasteiger partial charge in [-0.05, 0) is 6.92 Å². The van der Waals surface area contributed by atoms with E-state index in [4.69, 9.17) is 5.11 Å². The van der Waals surface area contributed by atoms with Gasteiger partial charge in [-0.15, -0.1) is 0 Å². The molecule has 7 heteroatoms. The van der Waals surface area contributed by atoms with Gasteiger partial charge in [0, 0.05) is 13.1 Å². The van der Waals surface area contributed by atoms with Gasteiger partial charge < -0.3 is 5.11 Å². The van der Waals surface area contributed by atoms with E-state index in [0.29, 0.717) is 5.69 Å². The lowest BCUT2D eigenvalue weighted by Crippen LogP contribution is -2.53. The van der Waals surface area contributed by atoms with Crippen LogP contribution in [-0.2, 0) is 10.0 Å². The highest BCUT2D eigenvalue weighted by Gasteiger charge is 2.36. The quantitative estimate of drug-likeness (QED) is 0.671. The second kappa shape index (κ2) is 3.04. The Labute approximate surface area is 81.6 Å². The molecule has 78 valence electrons. The molecule has 0 atom stereocenters. The Kier molecular flexibility index (Phi) is 2.09. The molecule has 1 aromatic rings. The average Bonchev–Trinajstić information content (AvgIpc) is 2.46. The SMILES string of the molecule is Cc1[nH]ncc1S(=O)(=O)N1CC(O)C1. The van der Waals surface area contributed by atoms with E-state index in [-0.39, 0.29) is 18.0 Å². The van der Waals surface area contributed by atoms with E-state index in [2.05, 4.69) is 10.2 Å². The van der Waals surface area contributed by atoms with E-state index in [1.165, 1.54) is 10.5 Å². The summed E-state index contributed by atoms with van der Waals surface area (Å²) < 4.78 is 24.8. The van der Waals surface area contributed by atoms with Crippen molar-refractivity contribution in [2.45, 2.75) is 17.9 Å². The Morgan fingerprint density at radius 1 is 1.64 bits per heavy atom. The molecule has 6 nitrogen and oxygen atoms in total. The van der Waals surface area contributed by atoms with Crippen molar-refractivity contribution in [1.29, 1.82) is 0 Å². The summed E-state index contributed by atoms with van der Waals surface area (Å²) in [5.41, 5.74) is 0.520. The largest absolute Gasteiger partial charge is 0.390 e. The molecule has 2 rings (SSSR count). The molecule has 1 aromatic heterocycles. The van der Waals surface area contributed by atoms with Gasteiger partial charge >= 0.3 is 0 Å². The Hall–Kier alpha value is -0.920. The zero-order chi connectivity index (χ0) is 10.3. The Balaban J connectivity index is 2.30. The van der Waals surface area contributed by atoms with Gasteiger partial charge in [0.05, 0.1) is 18.0 Å². The highest BCUT2D eigenvalue weighted by molar-refractivity contribution is 7.89. The number of hydrogen-bond donors (Lipinski definition) is 2. The third-order valence-corrected chi connectivity index (χ3v) is 4.18. The first-order chi connectivity index (χ1) is 6.51. The smallest absolute Gasteiger partial charge is 0.246 e. The van der Waals surface area contributed by atoms with E-state index < -0.39 is 16.1 Å². The monoisotopic (exact) mass is 217 g/mol. The van der Waals surface area contributed by atoms with Crippen molar-refractivity contribution >= 4 is 10.0 Å². The summed E-state index contributed by atoms with van der Waals surface area (Å²) in [4.78, 5) is 0.185. The van der Waals surface area contributed by atoms with Crippen LogP contribution in [0.3, 0.4) is 0 Å². The molecule has 0 aromatic carbocycles. The Morgan fingerprint density at radius 3 is 2.71 bits per heavy atom. The predicted molar refractivity (Wildman–Crippen MR) is 48.1 cm³/mol. The molecule has 0 saturated carbocycles. The van der Waals surface area contributed by atoms with Crippen molar-refractivity contribution in [2.24, 2.45) is 0 Å². The van der Waals surface area contributed by atoms with Gasteiger partial charge in [-0.3, -0.25) is 5.10 Å². The minimum absolute atomic E-state index is 0.174. The summed E-state index contributed by atoms with van der Waals surface area (Å²) in [6, 6.07) is 0. The molecule has 14 heavy (non-hydrogen) atoms. The summed E-state index contributed by atoms with van der Waals surface area (Å²) in [6.07, 6.45) is 0.756. The fourth-order valence-electron chi connectivity index (χ4n) is 1.35. The molecule has 0 spiro atoms. The number of sulfonamides is 1. The fourth-order valence-corrected chi connectivity index (χ4v) is 2.99. The second-order valence-corrected chi connectivity index (χ2v) is 5.24. The van der Waals surface area contributed by atoms with Crippen LogP contribution < -0.4 is 0 Å². The zero-order valence-corrected chi connectivity index (χ0v) is 8.45. The van der Waals surface area contributed by atoms with E-state index in [1.54, 1.807) is 6.92 Å². The minimum Gasteiger partial charge on any atom is -0.390 e. The van der Waals surface area contributed by atoms with Gasteiger partial charge in [0.2, 0.25) is 10.0 Å². The van der Waals surface area contributed by atoms with E-state index >= 15 is 0 Å². The number of β-amino-alcohol motifs (C(OH)–C–C–N with tert-alkyl or cyclic N) is 1. The van der Waals surface area contributed by atoms with Crippen molar-refractivity contribution in [3.8, 4) is 0 Å². The predicted octanol–water partition coefficient (Wildman–Crippen LogP) is -0.917. The van der Waals surface area contributed by atoms with Crippen LogP contribution in [0.1, 0.15) is 5.69 Å². The van der Waals surface area contributed by atoms with E-state index in [0.717, 1.165) is 0 Å². The van der Waals surface area contributed by atoms with Gasteiger partial charge in [0.1, 0.15) is 4.90 Å². The first kappa shape index (κ1) is 9.63. The number of aliphatic hydroxyl groups is 1. The minimum atomic E-state index is -3.44. The van der Waals surface area contributed by atoms with Crippen LogP contribution >= 0.6 is 0 Å². The van der Waals surface area contributed by atoms with Crippen LogP contribution in [0.25, 0.3) is 0 Å². The number of nitrogens with one attached hydrogen (secondary N) is 1. The molecule has 0 unspecified atom stereocenters. The average molecular weight is 217 g/mol. The van der Waals surface area contributed by atoms with Crippen molar-refractivity contribution in [1.82, 2.24) is 14.5 Å². The third-order valence-electron chi connectivity index (χ3n) is 2.23. The molecule has 1 aliphatic rings. The van der Waals surface area contributed by atoms with Crippen molar-refractivity contribution < 1.29 is 13.5 Å². The molecule has 2 N–H and O–H groups in total. The topological polar surface area (TPSA) is 86.3 Å². The molecular weight excluding hydrogens is 206 g/mol. The molecule has 0 bridgehead atoms. The van der Waals surface area contributed by atoms with Crippen LogP contribution in [0.5, 0.6) is 0 Å². The van der Waals surface area contributed by atoms with E-state index in [9.17, 15) is 8.42 Å². The molecule has 2 heterocycles. The second-order valence-electron chi connectivity index (χ2n) is 3.34. The maximum absolute atomic E-state index is 11.8. The first-order valence-corrected chi connectivity index (χ1v) is 5.64. The Bertz CT molecular complexity index is 433. The number of aromatic amines is 1. The van der Waals surface area contributed by atoms with Crippen LogP contribution in [0.15, 0.2) is 11.1 Å². The summed E-state index contributed by atoms with van der Waals surface area (Å²) in [7, 11) is -3.44. The van der Waals surface area contributed by atoms with Gasteiger partial charge in [-0.2, -0.15) is 9.40 Å². The number of nitrogens with zero attached hydrogens (tertiary/aromatic N) is 2. The zero-order valence-electron chi connectivity index (χ0n) is 7.64. The molecule has 0 amide bonds. The van der Waals surface area contributed by atoms with Crippen molar-refractivity contribution in [2.75, 3.05) is 13.1 Å². The van der Waals surface area contributed by atoms with Gasteiger partial charge in [-0.25, -0.2) is 8.42 Å². The summed E-state index contributed by atoms with van der Waals surface area (Å²) in [5.74, 6) is 0. The van der Waals surface area contributed by atoms with Gasteiger partial charge in [0.15, 0.2) is 0 Å². The van der Waals surface area contributed by atoms with Crippen LogP contribution in [-0.4, -0.2) is 47.2 Å². The van der Waals surface area contributed by atoms with Crippen LogP contribution in [0, 0.1) is 6.92 Å². The lowest BCUT2D eigenvalue weighted by atomic mass is 10.2. The van der Waals surface area contributed by atoms with Crippen LogP contribution in [0.4, 0.5) is 0 Å². The number of rotatable bonds is 2. The molecule has 0 radical (unpaired) electrons. The molecule has 0 aliphatic carbocycles. The van der Waals surface area contributed by atoms with Gasteiger partial charge in [0.25, 0.3) is 0 Å². The van der Waals surface area contributed by atoms with Crippen LogP contribution in [0.2, 0.25) is 0 Å². The number of hydrogen-bond acceptors (Lipinski definition) is 4. The maximum Gasteiger partial charge on any atom is 0.246 e. The maximum atomic E-state index is 11.8. The summed E-state index contributed by atoms with van der Waals surface area (Å²) in [6.45, 7) is 2.00. The number of aromatic nitrogens is 2. The highest BCUT2D eigenvalue weighted by Crippen LogP contribution is 2.22. The summed E-state index contributed by atoms with van der Waals surface area (Å²) >= 11 is 0. The standard InChI is InChI=1S/C7H11N3O3S/c1-5-7(2-8-9-5)14(12,13)10-3-6(11)4-10/h2,6,11H,3-4H2,1H3,(H,8,9). The van der Waals surface area contributed by atoms with Crippen molar-refractivity contribution in [3.05, 3.63) is 11.9 Å². The highest BCUT2D eigenvalue weighted by atomic mass is 32.2. The van der Waals surface area contributed by atoms with Gasteiger partial charge in [-0.1, -0.05) is 0 Å². The fraction of sp³-hybridized carbons (Fsp3) is 0.571. The number of H-pyrrole nitrogens is 1. The normalized spacial score (nSPS) is 19.6. The third kappa shape index (κ3) is 1.33. The molecule has 1 saturated heterocycles. The molecule has 1 aliphatic heterocycles. The van der Waals surface area contributed by atoms with Crippen molar-refractivity contribution in [3.63, 3.8) is 0 Å². The lowest BCUT2D eigenvalue weighted by molar-refractivity contribution is 0.0547. The van der Waals surface area contributed by atoms with E-state index in [1.807, 2.05) is 0 Å². The Morgan fingerprint density at radius 2 is 2.29 bits per heavy atom. The molecular formula is C7H11N3O3S. The first-order valence-electron chi connectivity index (χ1n) is 4.20. The summed E-state index contributed by atoms with van der Waals surface area (Å²) in [5, 5.41) is 15.2.